The summed E-state index contributed by atoms with van der Waals surface area (Å²) in [6.07, 6.45) is 2.63. The lowest BCUT2D eigenvalue weighted by atomic mass is 10.2. The van der Waals surface area contributed by atoms with E-state index in [1.807, 2.05) is 6.92 Å². The van der Waals surface area contributed by atoms with Crippen molar-refractivity contribution in [1.29, 1.82) is 0 Å². The van der Waals surface area contributed by atoms with E-state index in [0.29, 0.717) is 23.4 Å². The van der Waals surface area contributed by atoms with Gasteiger partial charge in [-0.15, -0.1) is 0 Å². The fourth-order valence-electron chi connectivity index (χ4n) is 1.99. The van der Waals surface area contributed by atoms with Crippen LogP contribution in [-0.4, -0.2) is 18.4 Å². The molecule has 0 radical (unpaired) electrons. The van der Waals surface area contributed by atoms with E-state index in [2.05, 4.69) is 26.6 Å². The molecule has 2 rings (SSSR count). The SMILES string of the molecule is CCNC(=O)c1cccc(NC(=O)/C=C/c2cc(Br)ccc2F)c1. The lowest BCUT2D eigenvalue weighted by Gasteiger charge is -2.06. The van der Waals surface area contributed by atoms with Crippen LogP contribution in [-0.2, 0) is 4.79 Å². The smallest absolute Gasteiger partial charge is 0.251 e. The average Bonchev–Trinajstić information content (AvgIpc) is 2.56. The van der Waals surface area contributed by atoms with Crippen molar-refractivity contribution in [2.24, 2.45) is 0 Å². The first kappa shape index (κ1) is 17.9. The van der Waals surface area contributed by atoms with Gasteiger partial charge in [0.15, 0.2) is 0 Å². The first-order valence-corrected chi connectivity index (χ1v) is 8.11. The quantitative estimate of drug-likeness (QED) is 0.758. The summed E-state index contributed by atoms with van der Waals surface area (Å²) in [5.74, 6) is -1.04. The van der Waals surface area contributed by atoms with Crippen LogP contribution in [0.15, 0.2) is 53.0 Å². The molecule has 6 heteroatoms. The minimum absolute atomic E-state index is 0.208. The van der Waals surface area contributed by atoms with Crippen LogP contribution >= 0.6 is 15.9 Å². The number of rotatable bonds is 5. The Balaban J connectivity index is 2.07. The third kappa shape index (κ3) is 5.03. The Kier molecular flexibility index (Phi) is 6.26. The van der Waals surface area contributed by atoms with Gasteiger partial charge in [0, 0.05) is 33.9 Å². The van der Waals surface area contributed by atoms with E-state index in [1.54, 1.807) is 36.4 Å². The zero-order valence-electron chi connectivity index (χ0n) is 13.0. The van der Waals surface area contributed by atoms with Crippen molar-refractivity contribution < 1.29 is 14.0 Å². The Morgan fingerprint density at radius 1 is 1.21 bits per heavy atom. The van der Waals surface area contributed by atoms with Crippen molar-refractivity contribution in [2.75, 3.05) is 11.9 Å². The molecule has 0 bridgehead atoms. The monoisotopic (exact) mass is 390 g/mol. The second-order valence-electron chi connectivity index (χ2n) is 4.93. The molecule has 0 atom stereocenters. The van der Waals surface area contributed by atoms with Crippen molar-refractivity contribution in [2.45, 2.75) is 6.92 Å². The molecule has 0 spiro atoms. The van der Waals surface area contributed by atoms with Crippen molar-refractivity contribution in [1.82, 2.24) is 5.32 Å². The topological polar surface area (TPSA) is 58.2 Å². The largest absolute Gasteiger partial charge is 0.352 e. The number of amides is 2. The molecule has 2 aromatic carbocycles. The first-order chi connectivity index (χ1) is 11.5. The van der Waals surface area contributed by atoms with Gasteiger partial charge in [0.25, 0.3) is 5.91 Å². The maximum absolute atomic E-state index is 13.6. The number of halogens is 2. The van der Waals surface area contributed by atoms with E-state index in [0.717, 1.165) is 4.47 Å². The zero-order valence-corrected chi connectivity index (χ0v) is 14.6. The van der Waals surface area contributed by atoms with Gasteiger partial charge in [0.1, 0.15) is 5.82 Å². The molecule has 0 aliphatic rings. The van der Waals surface area contributed by atoms with E-state index in [1.165, 1.54) is 18.2 Å². The Labute approximate surface area is 147 Å². The summed E-state index contributed by atoms with van der Waals surface area (Å²) in [6.45, 7) is 2.35. The maximum atomic E-state index is 13.6. The average molecular weight is 391 g/mol. The lowest BCUT2D eigenvalue weighted by Crippen LogP contribution is -2.22. The molecule has 0 heterocycles. The molecule has 124 valence electrons. The van der Waals surface area contributed by atoms with Gasteiger partial charge >= 0.3 is 0 Å². The Morgan fingerprint density at radius 2 is 2.00 bits per heavy atom. The molecular formula is C18H16BrFN2O2. The van der Waals surface area contributed by atoms with Crippen molar-refractivity contribution in [3.05, 3.63) is 70.0 Å². The summed E-state index contributed by atoms with van der Waals surface area (Å²) < 4.78 is 14.3. The third-order valence-electron chi connectivity index (χ3n) is 3.10. The Hall–Kier alpha value is -2.47. The number of hydrogen-bond donors (Lipinski definition) is 2. The molecule has 24 heavy (non-hydrogen) atoms. The van der Waals surface area contributed by atoms with Crippen LogP contribution in [0.5, 0.6) is 0 Å². The van der Waals surface area contributed by atoms with Crippen LogP contribution in [0.2, 0.25) is 0 Å². The first-order valence-electron chi connectivity index (χ1n) is 7.32. The van der Waals surface area contributed by atoms with Gasteiger partial charge in [-0.05, 0) is 49.4 Å². The highest BCUT2D eigenvalue weighted by molar-refractivity contribution is 9.10. The molecular weight excluding hydrogens is 375 g/mol. The molecule has 2 amide bonds. The molecule has 0 saturated carbocycles. The van der Waals surface area contributed by atoms with Crippen LogP contribution in [0.3, 0.4) is 0 Å². The maximum Gasteiger partial charge on any atom is 0.251 e. The minimum atomic E-state index is -0.416. The molecule has 0 unspecified atom stereocenters. The van der Waals surface area contributed by atoms with Gasteiger partial charge in [-0.1, -0.05) is 22.0 Å². The number of hydrogen-bond acceptors (Lipinski definition) is 2. The summed E-state index contributed by atoms with van der Waals surface area (Å²) in [7, 11) is 0. The molecule has 4 nitrogen and oxygen atoms in total. The molecule has 0 saturated heterocycles. The van der Waals surface area contributed by atoms with Crippen LogP contribution in [0, 0.1) is 5.82 Å². The zero-order chi connectivity index (χ0) is 17.5. The second-order valence-corrected chi connectivity index (χ2v) is 5.84. The predicted octanol–water partition coefficient (Wildman–Crippen LogP) is 3.99. The number of anilines is 1. The molecule has 0 aliphatic heterocycles. The highest BCUT2D eigenvalue weighted by atomic mass is 79.9. The Morgan fingerprint density at radius 3 is 2.75 bits per heavy atom. The molecule has 2 N–H and O–H groups in total. The number of benzene rings is 2. The van der Waals surface area contributed by atoms with Crippen LogP contribution in [0.1, 0.15) is 22.8 Å². The van der Waals surface area contributed by atoms with E-state index < -0.39 is 11.7 Å². The van der Waals surface area contributed by atoms with E-state index >= 15 is 0 Å². The molecule has 0 aliphatic carbocycles. The minimum Gasteiger partial charge on any atom is -0.352 e. The van der Waals surface area contributed by atoms with Gasteiger partial charge in [0.2, 0.25) is 5.91 Å². The fourth-order valence-corrected chi connectivity index (χ4v) is 2.37. The summed E-state index contributed by atoms with van der Waals surface area (Å²) in [5.41, 5.74) is 1.25. The highest BCUT2D eigenvalue weighted by Gasteiger charge is 2.06. The van der Waals surface area contributed by atoms with Crippen LogP contribution in [0.4, 0.5) is 10.1 Å². The van der Waals surface area contributed by atoms with Gasteiger partial charge in [-0.3, -0.25) is 9.59 Å². The number of nitrogens with one attached hydrogen (secondary N) is 2. The third-order valence-corrected chi connectivity index (χ3v) is 3.60. The van der Waals surface area contributed by atoms with Crippen LogP contribution in [0.25, 0.3) is 6.08 Å². The van der Waals surface area contributed by atoms with Crippen molar-refractivity contribution in [3.63, 3.8) is 0 Å². The van der Waals surface area contributed by atoms with Gasteiger partial charge in [0.05, 0.1) is 0 Å². The summed E-state index contributed by atoms with van der Waals surface area (Å²) in [4.78, 5) is 23.7. The van der Waals surface area contributed by atoms with E-state index in [9.17, 15) is 14.0 Å². The molecule has 2 aromatic rings. The van der Waals surface area contributed by atoms with Gasteiger partial charge in [-0.2, -0.15) is 0 Å². The predicted molar refractivity (Wildman–Crippen MR) is 96.2 cm³/mol. The fraction of sp³-hybridized carbons (Fsp3) is 0.111. The van der Waals surface area contributed by atoms with Gasteiger partial charge in [-0.25, -0.2) is 4.39 Å². The summed E-state index contributed by atoms with van der Waals surface area (Å²) in [5, 5.41) is 5.33. The number of carbonyl (C=O) groups is 2. The summed E-state index contributed by atoms with van der Waals surface area (Å²) >= 11 is 3.25. The highest BCUT2D eigenvalue weighted by Crippen LogP contribution is 2.17. The second kappa shape index (κ2) is 8.40. The Bertz CT molecular complexity index is 790. The van der Waals surface area contributed by atoms with E-state index in [4.69, 9.17) is 0 Å². The normalized spacial score (nSPS) is 10.6. The van der Waals surface area contributed by atoms with Crippen molar-refractivity contribution >= 4 is 39.5 Å². The van der Waals surface area contributed by atoms with Gasteiger partial charge < -0.3 is 10.6 Å². The van der Waals surface area contributed by atoms with E-state index in [-0.39, 0.29) is 5.91 Å². The lowest BCUT2D eigenvalue weighted by molar-refractivity contribution is -0.111. The van der Waals surface area contributed by atoms with Crippen LogP contribution < -0.4 is 10.6 Å². The number of carbonyl (C=O) groups excluding carboxylic acids is 2. The summed E-state index contributed by atoms with van der Waals surface area (Å²) in [6, 6.07) is 11.1. The standard InChI is InChI=1S/C18H16BrFN2O2/c1-2-21-18(24)13-4-3-5-15(11-13)22-17(23)9-6-12-10-14(19)7-8-16(12)20/h3-11H,2H2,1H3,(H,21,24)(H,22,23)/b9-6+. The molecule has 0 fully saturated rings. The van der Waals surface area contributed by atoms with Crippen molar-refractivity contribution in [3.8, 4) is 0 Å². The molecule has 0 aromatic heterocycles.